The number of anilines is 1. The van der Waals surface area contributed by atoms with Gasteiger partial charge in [0.2, 0.25) is 5.91 Å². The summed E-state index contributed by atoms with van der Waals surface area (Å²) in [5, 5.41) is 20.2. The summed E-state index contributed by atoms with van der Waals surface area (Å²) in [5.74, 6) is -2.37. The first kappa shape index (κ1) is 10.5. The number of hydrogen-bond acceptors (Lipinski definition) is 4. The number of para-hydroxylation sites is 2. The van der Waals surface area contributed by atoms with Crippen LogP contribution in [-0.4, -0.2) is 23.5 Å². The van der Waals surface area contributed by atoms with Crippen LogP contribution in [0.25, 0.3) is 0 Å². The molecule has 0 unspecified atom stereocenters. The van der Waals surface area contributed by atoms with E-state index in [2.05, 4.69) is 0 Å². The normalized spacial score (nSPS) is 20.1. The molecule has 0 radical (unpaired) electrons. The number of phenols is 1. The molecule has 1 saturated heterocycles. The fourth-order valence-electron chi connectivity index (χ4n) is 1.79. The molecule has 1 aliphatic rings. The summed E-state index contributed by atoms with van der Waals surface area (Å²) in [4.78, 5) is 23.5. The van der Waals surface area contributed by atoms with Gasteiger partial charge in [0.15, 0.2) is 0 Å². The average molecular weight is 220 g/mol. The Labute approximate surface area is 91.9 Å². The lowest BCUT2D eigenvalue weighted by atomic mass is 10.1. The summed E-state index contributed by atoms with van der Waals surface area (Å²) in [6, 6.07) is 6.34. The molecule has 1 amide bonds. The molecule has 0 bridgehead atoms. The van der Waals surface area contributed by atoms with E-state index in [0.717, 1.165) is 0 Å². The number of hydrogen-bond donors (Lipinski definition) is 1. The highest BCUT2D eigenvalue weighted by molar-refractivity contribution is 5.99. The molecule has 1 atom stereocenters. The highest BCUT2D eigenvalue weighted by Gasteiger charge is 2.32. The number of aliphatic carboxylic acids is 1. The topological polar surface area (TPSA) is 80.7 Å². The summed E-state index contributed by atoms with van der Waals surface area (Å²) in [6.07, 6.45) is -0.0728. The van der Waals surface area contributed by atoms with Gasteiger partial charge in [0.05, 0.1) is 5.69 Å². The van der Waals surface area contributed by atoms with Crippen LogP contribution in [0.3, 0.4) is 0 Å². The second-order valence-electron chi connectivity index (χ2n) is 3.71. The predicted octanol–water partition coefficient (Wildman–Crippen LogP) is -0.505. The van der Waals surface area contributed by atoms with Gasteiger partial charge in [-0.25, -0.2) is 0 Å². The highest BCUT2D eigenvalue weighted by atomic mass is 16.4. The van der Waals surface area contributed by atoms with Gasteiger partial charge in [-0.05, 0) is 12.1 Å². The van der Waals surface area contributed by atoms with Gasteiger partial charge in [-0.2, -0.15) is 0 Å². The van der Waals surface area contributed by atoms with Crippen molar-refractivity contribution >= 4 is 17.6 Å². The third-order valence-corrected chi connectivity index (χ3v) is 2.63. The molecule has 16 heavy (non-hydrogen) atoms. The summed E-state index contributed by atoms with van der Waals surface area (Å²) in [5.41, 5.74) is 0.344. The van der Waals surface area contributed by atoms with E-state index < -0.39 is 11.9 Å². The molecule has 5 nitrogen and oxygen atoms in total. The van der Waals surface area contributed by atoms with Crippen LogP contribution in [0.2, 0.25) is 0 Å². The van der Waals surface area contributed by atoms with E-state index in [0.29, 0.717) is 5.69 Å². The first-order chi connectivity index (χ1) is 7.59. The first-order valence-electron chi connectivity index (χ1n) is 4.89. The van der Waals surface area contributed by atoms with Crippen LogP contribution in [-0.2, 0) is 9.59 Å². The number of carbonyl (C=O) groups excluding carboxylic acids is 2. The van der Waals surface area contributed by atoms with E-state index in [1.54, 1.807) is 18.2 Å². The van der Waals surface area contributed by atoms with Crippen molar-refractivity contribution < 1.29 is 19.8 Å². The number of rotatable bonds is 2. The Morgan fingerprint density at radius 1 is 1.44 bits per heavy atom. The number of carboxylic acid groups (broad SMARTS) is 1. The van der Waals surface area contributed by atoms with E-state index in [9.17, 15) is 19.8 Å². The SMILES string of the molecule is O=C([O-])[C@H]1CC(=O)N(c2ccccc2O)C1. The molecule has 5 heteroatoms. The molecule has 1 fully saturated rings. The molecule has 0 spiro atoms. The molecule has 0 saturated carbocycles. The van der Waals surface area contributed by atoms with Crippen LogP contribution in [0.4, 0.5) is 5.69 Å². The van der Waals surface area contributed by atoms with Gasteiger partial charge in [-0.3, -0.25) is 4.79 Å². The van der Waals surface area contributed by atoms with E-state index in [-0.39, 0.29) is 24.6 Å². The number of phenolic OH excluding ortho intramolecular Hbond substituents is 1. The van der Waals surface area contributed by atoms with E-state index in [1.165, 1.54) is 11.0 Å². The minimum Gasteiger partial charge on any atom is -0.550 e. The van der Waals surface area contributed by atoms with E-state index in [4.69, 9.17) is 0 Å². The molecular weight excluding hydrogens is 210 g/mol. The van der Waals surface area contributed by atoms with Crippen molar-refractivity contribution in [3.63, 3.8) is 0 Å². The van der Waals surface area contributed by atoms with Crippen LogP contribution in [0, 0.1) is 5.92 Å². The Bertz CT molecular complexity index is 443. The largest absolute Gasteiger partial charge is 0.550 e. The molecule has 1 aromatic rings. The van der Waals surface area contributed by atoms with Crippen LogP contribution in [0.15, 0.2) is 24.3 Å². The van der Waals surface area contributed by atoms with Crippen LogP contribution in [0.5, 0.6) is 5.75 Å². The summed E-state index contributed by atoms with van der Waals surface area (Å²) in [6.45, 7) is 0.0543. The standard InChI is InChI=1S/C11H11NO4/c13-9-4-2-1-3-8(9)12-6-7(11(15)16)5-10(12)14/h1-4,7,13H,5-6H2,(H,15,16)/p-1/t7-/m0/s1. The molecule has 2 rings (SSSR count). The molecule has 0 aromatic heterocycles. The zero-order valence-electron chi connectivity index (χ0n) is 8.42. The van der Waals surface area contributed by atoms with Gasteiger partial charge in [0.25, 0.3) is 0 Å². The number of carboxylic acids is 1. The van der Waals surface area contributed by atoms with E-state index in [1.807, 2.05) is 0 Å². The van der Waals surface area contributed by atoms with Crippen molar-refractivity contribution in [3.05, 3.63) is 24.3 Å². The zero-order valence-corrected chi connectivity index (χ0v) is 8.42. The number of amides is 1. The second-order valence-corrected chi connectivity index (χ2v) is 3.71. The second kappa shape index (κ2) is 3.84. The quantitative estimate of drug-likeness (QED) is 0.728. The van der Waals surface area contributed by atoms with Gasteiger partial charge in [0.1, 0.15) is 5.75 Å². The average Bonchev–Trinajstić information content (AvgIpc) is 2.61. The maximum atomic E-state index is 11.6. The summed E-state index contributed by atoms with van der Waals surface area (Å²) >= 11 is 0. The lowest BCUT2D eigenvalue weighted by Gasteiger charge is -2.18. The maximum Gasteiger partial charge on any atom is 0.227 e. The first-order valence-corrected chi connectivity index (χ1v) is 4.89. The molecular formula is C11H10NO4-. The third-order valence-electron chi connectivity index (χ3n) is 2.63. The maximum absolute atomic E-state index is 11.6. The van der Waals surface area contributed by atoms with Crippen molar-refractivity contribution in [1.29, 1.82) is 0 Å². The fraction of sp³-hybridized carbons (Fsp3) is 0.273. The summed E-state index contributed by atoms with van der Waals surface area (Å²) < 4.78 is 0. The number of aromatic hydroxyl groups is 1. The fourth-order valence-corrected chi connectivity index (χ4v) is 1.79. The van der Waals surface area contributed by atoms with Crippen molar-refractivity contribution in [2.45, 2.75) is 6.42 Å². The smallest absolute Gasteiger partial charge is 0.227 e. The lowest BCUT2D eigenvalue weighted by Crippen LogP contribution is -2.33. The van der Waals surface area contributed by atoms with Crippen molar-refractivity contribution in [2.75, 3.05) is 11.4 Å². The van der Waals surface area contributed by atoms with Gasteiger partial charge < -0.3 is 19.9 Å². The highest BCUT2D eigenvalue weighted by Crippen LogP contribution is 2.31. The molecule has 1 N–H and O–H groups in total. The van der Waals surface area contributed by atoms with Gasteiger partial charge in [-0.15, -0.1) is 0 Å². The minimum atomic E-state index is -1.23. The van der Waals surface area contributed by atoms with Gasteiger partial charge in [-0.1, -0.05) is 12.1 Å². The van der Waals surface area contributed by atoms with Crippen molar-refractivity contribution in [3.8, 4) is 5.75 Å². The number of carbonyl (C=O) groups is 2. The van der Waals surface area contributed by atoms with Crippen molar-refractivity contribution in [2.24, 2.45) is 5.92 Å². The Hall–Kier alpha value is -2.04. The van der Waals surface area contributed by atoms with Crippen molar-refractivity contribution in [1.82, 2.24) is 0 Å². The minimum absolute atomic E-state index is 0.0325. The van der Waals surface area contributed by atoms with E-state index >= 15 is 0 Å². The number of benzene rings is 1. The van der Waals surface area contributed by atoms with Crippen LogP contribution < -0.4 is 10.0 Å². The summed E-state index contributed by atoms with van der Waals surface area (Å²) in [7, 11) is 0. The molecule has 84 valence electrons. The Morgan fingerprint density at radius 3 is 2.69 bits per heavy atom. The Kier molecular flexibility index (Phi) is 2.52. The van der Waals surface area contributed by atoms with Gasteiger partial charge >= 0.3 is 0 Å². The third kappa shape index (κ3) is 1.71. The zero-order chi connectivity index (χ0) is 11.7. The van der Waals surface area contributed by atoms with Crippen LogP contribution in [0.1, 0.15) is 6.42 Å². The lowest BCUT2D eigenvalue weighted by molar-refractivity contribution is -0.310. The van der Waals surface area contributed by atoms with Gasteiger partial charge in [0, 0.05) is 24.9 Å². The number of nitrogens with zero attached hydrogens (tertiary/aromatic N) is 1. The monoisotopic (exact) mass is 220 g/mol. The Balaban J connectivity index is 2.27. The van der Waals surface area contributed by atoms with Crippen LogP contribution >= 0.6 is 0 Å². The Morgan fingerprint density at radius 2 is 2.12 bits per heavy atom. The molecule has 0 aliphatic carbocycles. The molecule has 1 aromatic carbocycles. The predicted molar refractivity (Wildman–Crippen MR) is 53.6 cm³/mol. The molecule has 1 heterocycles. The molecule has 1 aliphatic heterocycles.